The Kier molecular flexibility index (Phi) is 10.6. The number of carbonyl (C=O) groups excluding carboxylic acids is 4. The Morgan fingerprint density at radius 3 is 2.44 bits per heavy atom. The molecule has 1 aromatic heterocycles. The zero-order valence-corrected chi connectivity index (χ0v) is 29.2. The number of aromatic nitrogens is 2. The number of rotatable bonds is 11. The number of carbonyl (C=O) groups is 4. The number of nitrogen functional groups attached to an aromatic ring is 1. The molecule has 1 saturated heterocycles. The third-order valence-corrected chi connectivity index (χ3v) is 9.14. The van der Waals surface area contributed by atoms with Crippen LogP contribution in [-0.4, -0.2) is 83.6 Å². The molecule has 0 spiro atoms. The number of hydrogen-bond acceptors (Lipinski definition) is 14. The van der Waals surface area contributed by atoms with Crippen molar-refractivity contribution in [2.75, 3.05) is 23.0 Å². The minimum Gasteiger partial charge on any atom is -0.497 e. The van der Waals surface area contributed by atoms with E-state index in [2.05, 4.69) is 42.4 Å². The molecule has 2 aromatic rings. The van der Waals surface area contributed by atoms with E-state index in [9.17, 15) is 19.2 Å². The number of anilines is 1. The van der Waals surface area contributed by atoms with Crippen molar-refractivity contribution < 1.29 is 38.2 Å². The van der Waals surface area contributed by atoms with Crippen LogP contribution in [0.3, 0.4) is 0 Å². The Labute approximate surface area is 281 Å². The number of nitrogens with two attached hydrogens (primary N) is 1. The Morgan fingerprint density at radius 1 is 1.18 bits per heavy atom. The number of hydrogen-bond donors (Lipinski definition) is 2. The SMILES string of the molecule is COc1ccc(COC(=O)C2=C(CI)CS[C@@H]3[C@H](NC(=O)/C(=N\OC(C)(C)C(=O)OC(C)(C)C)c4nsc(N)n4)C(=O)N23)cc1. The molecule has 0 radical (unpaired) electrons. The van der Waals surface area contributed by atoms with Crippen molar-refractivity contribution in [2.45, 2.75) is 63.8 Å². The standard InChI is InChI=1S/C28H33IN6O8S2/c1-27(2,3)42-25(39)28(4,5)43-33-17(20-32-26(30)45-34-20)21(36)31-18-22(37)35-19(15(11-29)13-44-23(18)35)24(38)41-12-14-7-9-16(40-6)10-8-14/h7-10,18,23H,11-13H2,1-6H3,(H,31,36)(H2,30,32,34)/b33-17-/t18-,23-/m1/s1. The molecule has 45 heavy (non-hydrogen) atoms. The fourth-order valence-corrected chi connectivity index (χ4v) is 6.81. The molecule has 3 N–H and O–H groups in total. The molecule has 17 heteroatoms. The van der Waals surface area contributed by atoms with Gasteiger partial charge in [0.25, 0.3) is 11.8 Å². The van der Waals surface area contributed by atoms with Crippen LogP contribution in [-0.2, 0) is 40.1 Å². The summed E-state index contributed by atoms with van der Waals surface area (Å²) in [5, 5.41) is 6.06. The number of halogens is 1. The van der Waals surface area contributed by atoms with Gasteiger partial charge in [-0.3, -0.25) is 14.5 Å². The molecule has 242 valence electrons. The number of amides is 2. The molecule has 4 rings (SSSR count). The van der Waals surface area contributed by atoms with Crippen LogP contribution in [0.25, 0.3) is 0 Å². The summed E-state index contributed by atoms with van der Waals surface area (Å²) in [4.78, 5) is 63.6. The van der Waals surface area contributed by atoms with E-state index in [4.69, 9.17) is 24.8 Å². The second-order valence-corrected chi connectivity index (χ2v) is 14.0. The van der Waals surface area contributed by atoms with Crippen molar-refractivity contribution in [1.82, 2.24) is 19.6 Å². The molecule has 0 aliphatic carbocycles. The molecule has 2 atom stereocenters. The first-order valence-corrected chi connectivity index (χ1v) is 16.9. The summed E-state index contributed by atoms with van der Waals surface area (Å²) in [5.74, 6) is -1.70. The van der Waals surface area contributed by atoms with Crippen LogP contribution in [0.5, 0.6) is 5.75 Å². The van der Waals surface area contributed by atoms with Gasteiger partial charge in [0.15, 0.2) is 5.13 Å². The number of alkyl halides is 1. The molecule has 3 heterocycles. The van der Waals surface area contributed by atoms with Crippen LogP contribution in [0.2, 0.25) is 0 Å². The number of nitrogens with zero attached hydrogens (tertiary/aromatic N) is 4. The first kappa shape index (κ1) is 34.4. The van der Waals surface area contributed by atoms with Crippen molar-refractivity contribution in [2.24, 2.45) is 5.16 Å². The van der Waals surface area contributed by atoms with E-state index in [0.29, 0.717) is 15.9 Å². The Bertz CT molecular complexity index is 1540. The highest BCUT2D eigenvalue weighted by molar-refractivity contribution is 14.1. The number of esters is 2. The van der Waals surface area contributed by atoms with Crippen LogP contribution < -0.4 is 15.8 Å². The zero-order valence-electron chi connectivity index (χ0n) is 25.4. The van der Waals surface area contributed by atoms with Crippen molar-refractivity contribution >= 4 is 80.5 Å². The molecule has 0 bridgehead atoms. The molecule has 2 aliphatic rings. The first-order valence-electron chi connectivity index (χ1n) is 13.6. The summed E-state index contributed by atoms with van der Waals surface area (Å²) >= 11 is 4.37. The van der Waals surface area contributed by atoms with E-state index in [0.717, 1.165) is 22.7 Å². The highest BCUT2D eigenvalue weighted by Gasteiger charge is 2.54. The molecule has 2 aliphatic heterocycles. The van der Waals surface area contributed by atoms with Crippen LogP contribution >= 0.6 is 45.9 Å². The Hall–Kier alpha value is -3.45. The largest absolute Gasteiger partial charge is 0.497 e. The van der Waals surface area contributed by atoms with Gasteiger partial charge in [-0.1, -0.05) is 39.9 Å². The van der Waals surface area contributed by atoms with E-state index in [-0.39, 0.29) is 23.3 Å². The third kappa shape index (κ3) is 8.04. The van der Waals surface area contributed by atoms with Gasteiger partial charge < -0.3 is 30.1 Å². The number of benzene rings is 1. The molecule has 1 fully saturated rings. The van der Waals surface area contributed by atoms with E-state index in [1.807, 2.05) is 0 Å². The minimum absolute atomic E-state index is 0.00407. The average Bonchev–Trinajstić information content (AvgIpc) is 3.42. The highest BCUT2D eigenvalue weighted by atomic mass is 127. The summed E-state index contributed by atoms with van der Waals surface area (Å²) in [7, 11) is 1.56. The quantitative estimate of drug-likeness (QED) is 0.0852. The summed E-state index contributed by atoms with van der Waals surface area (Å²) in [6.45, 7) is 7.99. The predicted octanol–water partition coefficient (Wildman–Crippen LogP) is 2.80. The fraction of sp³-hybridized carbons (Fsp3) is 0.464. The lowest BCUT2D eigenvalue weighted by atomic mass is 10.0. The zero-order chi connectivity index (χ0) is 33.1. The van der Waals surface area contributed by atoms with Gasteiger partial charge in [0.2, 0.25) is 17.1 Å². The number of fused-ring (bicyclic) bond motifs is 1. The first-order chi connectivity index (χ1) is 21.1. The summed E-state index contributed by atoms with van der Waals surface area (Å²) in [5.41, 5.74) is 4.64. The smallest absolute Gasteiger partial charge is 0.355 e. The lowest BCUT2D eigenvalue weighted by Crippen LogP contribution is -2.71. The second-order valence-electron chi connectivity index (χ2n) is 11.4. The maximum atomic E-state index is 13.5. The van der Waals surface area contributed by atoms with E-state index in [1.165, 1.54) is 30.5 Å². The molecule has 0 unspecified atom stereocenters. The van der Waals surface area contributed by atoms with E-state index < -0.39 is 52.1 Å². The highest BCUT2D eigenvalue weighted by Crippen LogP contribution is 2.41. The maximum Gasteiger partial charge on any atom is 0.355 e. The molecule has 0 saturated carbocycles. The second kappa shape index (κ2) is 13.9. The van der Waals surface area contributed by atoms with Gasteiger partial charge in [-0.2, -0.15) is 9.36 Å². The molecule has 2 amide bonds. The number of ether oxygens (including phenoxy) is 3. The summed E-state index contributed by atoms with van der Waals surface area (Å²) < 4.78 is 20.7. The Morgan fingerprint density at radius 2 is 1.87 bits per heavy atom. The number of nitrogens with one attached hydrogen (secondary N) is 1. The van der Waals surface area contributed by atoms with Crippen molar-refractivity contribution in [1.29, 1.82) is 0 Å². The summed E-state index contributed by atoms with van der Waals surface area (Å²) in [6, 6.07) is 6.08. The molecule has 14 nitrogen and oxygen atoms in total. The van der Waals surface area contributed by atoms with Gasteiger partial charge in [0, 0.05) is 21.7 Å². The van der Waals surface area contributed by atoms with Crippen molar-refractivity contribution in [3.05, 3.63) is 46.9 Å². The van der Waals surface area contributed by atoms with Gasteiger partial charge >= 0.3 is 11.9 Å². The van der Waals surface area contributed by atoms with Crippen molar-refractivity contribution in [3.8, 4) is 5.75 Å². The molecular formula is C28H33IN6O8S2. The lowest BCUT2D eigenvalue weighted by Gasteiger charge is -2.49. The van der Waals surface area contributed by atoms with Gasteiger partial charge in [-0.25, -0.2) is 9.59 Å². The van der Waals surface area contributed by atoms with Gasteiger partial charge in [0.1, 0.15) is 35.1 Å². The fourth-order valence-electron chi connectivity index (χ4n) is 4.04. The number of methoxy groups -OCH3 is 1. The average molecular weight is 773 g/mol. The van der Waals surface area contributed by atoms with E-state index >= 15 is 0 Å². The topological polar surface area (TPSA) is 185 Å². The number of β-lactam (4-membered cyclic amide) rings is 1. The molecule has 1 aromatic carbocycles. The normalized spacial score (nSPS) is 18.5. The Balaban J connectivity index is 1.49. The predicted molar refractivity (Wildman–Crippen MR) is 176 cm³/mol. The van der Waals surface area contributed by atoms with Gasteiger partial charge in [0.05, 0.1) is 7.11 Å². The van der Waals surface area contributed by atoms with Crippen LogP contribution in [0.15, 0.2) is 40.7 Å². The van der Waals surface area contributed by atoms with Gasteiger partial charge in [-0.05, 0) is 57.9 Å². The van der Waals surface area contributed by atoms with Crippen LogP contribution in [0.1, 0.15) is 46.0 Å². The van der Waals surface area contributed by atoms with Gasteiger partial charge in [-0.15, -0.1) is 11.8 Å². The van der Waals surface area contributed by atoms with Crippen LogP contribution in [0, 0.1) is 0 Å². The maximum absolute atomic E-state index is 13.5. The lowest BCUT2D eigenvalue weighted by molar-refractivity contribution is -0.179. The minimum atomic E-state index is -1.58. The van der Waals surface area contributed by atoms with Crippen molar-refractivity contribution in [3.63, 3.8) is 0 Å². The third-order valence-electron chi connectivity index (χ3n) is 6.34. The van der Waals surface area contributed by atoms with E-state index in [1.54, 1.807) is 52.1 Å². The number of oxime groups is 1. The van der Waals surface area contributed by atoms with Crippen LogP contribution in [0.4, 0.5) is 5.13 Å². The number of thioether (sulfide) groups is 1. The molecular weight excluding hydrogens is 739 g/mol. The monoisotopic (exact) mass is 772 g/mol. The summed E-state index contributed by atoms with van der Waals surface area (Å²) in [6.07, 6.45) is 0.